The number of pyridine rings is 1. The van der Waals surface area contributed by atoms with Crippen LogP contribution in [0.2, 0.25) is 5.02 Å². The van der Waals surface area contributed by atoms with E-state index in [-0.39, 0.29) is 5.91 Å². The number of benzene rings is 1. The summed E-state index contributed by atoms with van der Waals surface area (Å²) in [7, 11) is 0. The summed E-state index contributed by atoms with van der Waals surface area (Å²) in [5.41, 5.74) is 8.86. The van der Waals surface area contributed by atoms with Crippen molar-refractivity contribution in [3.05, 3.63) is 45.4 Å². The quantitative estimate of drug-likeness (QED) is 0.262. The zero-order chi connectivity index (χ0) is 30.3. The zero-order valence-corrected chi connectivity index (χ0v) is 21.7. The SMILES string of the molecule is CCOc1ccc(NC(=O)c2sc3nc(C)c(Cl)c(C)c3c2N)cc1.O=C(O)C(F)(F)F.O=C(O)C(F)(F)F. The maximum absolute atomic E-state index is 12.6. The molecule has 17 heteroatoms. The number of ether oxygens (including phenoxy) is 1. The molecule has 0 spiro atoms. The lowest BCUT2D eigenvalue weighted by Crippen LogP contribution is -2.21. The van der Waals surface area contributed by atoms with Crippen LogP contribution in [0.1, 0.15) is 27.9 Å². The van der Waals surface area contributed by atoms with Crippen LogP contribution in [-0.4, -0.2) is 52.0 Å². The minimum atomic E-state index is -5.08. The topological polar surface area (TPSA) is 152 Å². The van der Waals surface area contributed by atoms with Crippen molar-refractivity contribution in [1.82, 2.24) is 4.98 Å². The van der Waals surface area contributed by atoms with Crippen molar-refractivity contribution in [2.75, 3.05) is 17.7 Å². The Labute approximate surface area is 225 Å². The number of aromatic nitrogens is 1. The Morgan fingerprint density at radius 2 is 1.49 bits per heavy atom. The molecule has 1 aromatic carbocycles. The number of thiophene rings is 1. The molecule has 0 bridgehead atoms. The number of carboxylic acid groups (broad SMARTS) is 2. The molecule has 2 heterocycles. The minimum absolute atomic E-state index is 0.266. The molecule has 1 amide bonds. The third kappa shape index (κ3) is 9.47. The summed E-state index contributed by atoms with van der Waals surface area (Å²) in [5, 5.41) is 18.4. The molecule has 0 atom stereocenters. The lowest BCUT2D eigenvalue weighted by molar-refractivity contribution is -0.193. The van der Waals surface area contributed by atoms with Gasteiger partial charge < -0.3 is 26.0 Å². The molecule has 0 radical (unpaired) electrons. The fourth-order valence-corrected chi connectivity index (χ4v) is 3.85. The van der Waals surface area contributed by atoms with Crippen molar-refractivity contribution in [2.45, 2.75) is 33.1 Å². The number of carbonyl (C=O) groups excluding carboxylic acids is 1. The minimum Gasteiger partial charge on any atom is -0.494 e. The van der Waals surface area contributed by atoms with Gasteiger partial charge in [0.25, 0.3) is 5.91 Å². The van der Waals surface area contributed by atoms with E-state index in [1.54, 1.807) is 12.1 Å². The lowest BCUT2D eigenvalue weighted by Gasteiger charge is -2.07. The van der Waals surface area contributed by atoms with Gasteiger partial charge in [-0.3, -0.25) is 4.79 Å². The van der Waals surface area contributed by atoms with Crippen LogP contribution in [0.5, 0.6) is 5.75 Å². The molecular formula is C22H20ClF6N3O6S. The van der Waals surface area contributed by atoms with Crippen LogP contribution < -0.4 is 15.8 Å². The van der Waals surface area contributed by atoms with E-state index >= 15 is 0 Å². The number of hydrogen-bond acceptors (Lipinski definition) is 7. The van der Waals surface area contributed by atoms with Gasteiger partial charge in [0.2, 0.25) is 0 Å². The molecule has 0 fully saturated rings. The number of aliphatic carboxylic acids is 2. The normalized spacial score (nSPS) is 11.0. The molecule has 2 aromatic heterocycles. The second kappa shape index (κ2) is 13.3. The molecule has 0 saturated heterocycles. The van der Waals surface area contributed by atoms with Crippen LogP contribution in [0.3, 0.4) is 0 Å². The number of carboxylic acids is 2. The average molecular weight is 604 g/mol. The molecule has 9 nitrogen and oxygen atoms in total. The van der Waals surface area contributed by atoms with E-state index in [0.717, 1.165) is 22.4 Å². The number of nitrogens with zero attached hydrogens (tertiary/aromatic N) is 1. The Kier molecular flexibility index (Phi) is 11.4. The number of nitrogens with two attached hydrogens (primary N) is 1. The maximum atomic E-state index is 12.6. The second-order valence-corrected chi connectivity index (χ2v) is 8.56. The Morgan fingerprint density at radius 1 is 1.03 bits per heavy atom. The lowest BCUT2D eigenvalue weighted by atomic mass is 10.1. The highest BCUT2D eigenvalue weighted by Crippen LogP contribution is 2.38. The van der Waals surface area contributed by atoms with Crippen molar-refractivity contribution in [2.24, 2.45) is 0 Å². The van der Waals surface area contributed by atoms with Gasteiger partial charge in [-0.2, -0.15) is 26.3 Å². The Morgan fingerprint density at radius 3 is 1.90 bits per heavy atom. The van der Waals surface area contributed by atoms with E-state index in [1.807, 2.05) is 32.9 Å². The molecule has 3 rings (SSSR count). The molecule has 39 heavy (non-hydrogen) atoms. The maximum Gasteiger partial charge on any atom is 0.490 e. The summed E-state index contributed by atoms with van der Waals surface area (Å²) in [5.74, 6) is -5.02. The Balaban J connectivity index is 0.000000449. The van der Waals surface area contributed by atoms with Gasteiger partial charge in [-0.25, -0.2) is 14.6 Å². The average Bonchev–Trinajstić information content (AvgIpc) is 3.14. The standard InChI is InChI=1S/C18H18ClN3O2S.2C2HF3O2/c1-4-24-12-7-5-11(6-8-12)22-17(23)16-15(20)13-9(2)14(19)10(3)21-18(13)25-16;2*3-2(4,5)1(6)7/h5-8H,4,20H2,1-3H3,(H,22,23);2*(H,6,7). The number of anilines is 2. The molecule has 3 aromatic rings. The van der Waals surface area contributed by atoms with E-state index < -0.39 is 24.3 Å². The first-order valence-electron chi connectivity index (χ1n) is 10.3. The first-order valence-corrected chi connectivity index (χ1v) is 11.5. The van der Waals surface area contributed by atoms with Crippen LogP contribution in [0, 0.1) is 13.8 Å². The second-order valence-electron chi connectivity index (χ2n) is 7.18. The third-order valence-corrected chi connectivity index (χ3v) is 5.99. The van der Waals surface area contributed by atoms with Gasteiger partial charge >= 0.3 is 24.3 Å². The van der Waals surface area contributed by atoms with E-state index in [9.17, 15) is 31.1 Å². The van der Waals surface area contributed by atoms with Crippen LogP contribution in [0.15, 0.2) is 24.3 Å². The number of nitrogens with one attached hydrogen (secondary N) is 1. The predicted molar refractivity (Wildman–Crippen MR) is 131 cm³/mol. The molecule has 5 N–H and O–H groups in total. The van der Waals surface area contributed by atoms with Crippen LogP contribution in [-0.2, 0) is 9.59 Å². The van der Waals surface area contributed by atoms with Crippen molar-refractivity contribution >= 4 is 62.4 Å². The third-order valence-electron chi connectivity index (χ3n) is 4.33. The number of aryl methyl sites for hydroxylation is 2. The molecular weight excluding hydrogens is 584 g/mol. The van der Waals surface area contributed by atoms with Gasteiger partial charge in [0, 0.05) is 11.1 Å². The van der Waals surface area contributed by atoms with Gasteiger partial charge in [-0.1, -0.05) is 11.6 Å². The van der Waals surface area contributed by atoms with Gasteiger partial charge in [-0.05, 0) is 50.6 Å². The number of fused-ring (bicyclic) bond motifs is 1. The van der Waals surface area contributed by atoms with E-state index in [0.29, 0.717) is 32.7 Å². The fourth-order valence-electron chi connectivity index (χ4n) is 2.61. The Hall–Kier alpha value is -3.79. The predicted octanol–water partition coefficient (Wildman–Crippen LogP) is 6.07. The van der Waals surface area contributed by atoms with Gasteiger partial charge in [-0.15, -0.1) is 11.3 Å². The first kappa shape index (κ1) is 33.2. The first-order chi connectivity index (χ1) is 17.8. The van der Waals surface area contributed by atoms with E-state index in [1.165, 1.54) is 11.3 Å². The number of carbonyl (C=O) groups is 3. The van der Waals surface area contributed by atoms with Gasteiger partial charge in [0.1, 0.15) is 15.5 Å². The molecule has 0 aliphatic rings. The number of hydrogen-bond donors (Lipinski definition) is 4. The van der Waals surface area contributed by atoms with Crippen LogP contribution >= 0.6 is 22.9 Å². The number of nitrogen functional groups attached to an aromatic ring is 1. The summed E-state index contributed by atoms with van der Waals surface area (Å²) in [4.78, 5) is 36.0. The summed E-state index contributed by atoms with van der Waals surface area (Å²) < 4.78 is 68.9. The number of rotatable bonds is 4. The van der Waals surface area contributed by atoms with Crippen molar-refractivity contribution in [3.63, 3.8) is 0 Å². The highest BCUT2D eigenvalue weighted by atomic mass is 35.5. The summed E-state index contributed by atoms with van der Waals surface area (Å²) in [6, 6.07) is 7.19. The van der Waals surface area contributed by atoms with E-state index in [2.05, 4.69) is 10.3 Å². The summed E-state index contributed by atoms with van der Waals surface area (Å²) in [6.07, 6.45) is -10.2. The highest BCUT2D eigenvalue weighted by Gasteiger charge is 2.38. The molecule has 0 unspecified atom stereocenters. The fraction of sp³-hybridized carbons (Fsp3) is 0.273. The highest BCUT2D eigenvalue weighted by molar-refractivity contribution is 7.21. The molecule has 214 valence electrons. The van der Waals surface area contributed by atoms with Crippen LogP contribution in [0.25, 0.3) is 10.2 Å². The van der Waals surface area contributed by atoms with Crippen LogP contribution in [0.4, 0.5) is 37.7 Å². The largest absolute Gasteiger partial charge is 0.494 e. The molecule has 0 aliphatic carbocycles. The van der Waals surface area contributed by atoms with E-state index in [4.69, 9.17) is 41.9 Å². The number of halogens is 7. The van der Waals surface area contributed by atoms with Gasteiger partial charge in [0.05, 0.1) is 23.0 Å². The molecule has 0 aliphatic heterocycles. The number of alkyl halides is 6. The van der Waals surface area contributed by atoms with Crippen molar-refractivity contribution in [3.8, 4) is 5.75 Å². The van der Waals surface area contributed by atoms with Gasteiger partial charge in [0.15, 0.2) is 0 Å². The van der Waals surface area contributed by atoms with Crippen molar-refractivity contribution in [1.29, 1.82) is 0 Å². The summed E-state index contributed by atoms with van der Waals surface area (Å²) >= 11 is 7.53. The summed E-state index contributed by atoms with van der Waals surface area (Å²) in [6.45, 7) is 6.24. The zero-order valence-electron chi connectivity index (χ0n) is 20.1. The Bertz CT molecular complexity index is 1320. The molecule has 0 saturated carbocycles. The van der Waals surface area contributed by atoms with Crippen molar-refractivity contribution < 1.29 is 55.7 Å². The number of amides is 1. The smallest absolute Gasteiger partial charge is 0.490 e. The monoisotopic (exact) mass is 603 g/mol.